The minimum atomic E-state index is -3.40. The lowest BCUT2D eigenvalue weighted by molar-refractivity contribution is 0.101. The zero-order valence-electron chi connectivity index (χ0n) is 14.3. The number of amides is 1. The highest BCUT2D eigenvalue weighted by atomic mass is 32.2. The fourth-order valence-corrected chi connectivity index (χ4v) is 3.04. The number of sulfonamides is 1. The summed E-state index contributed by atoms with van der Waals surface area (Å²) < 4.78 is 25.1. The van der Waals surface area contributed by atoms with Gasteiger partial charge in [0.1, 0.15) is 0 Å². The molecule has 25 heavy (non-hydrogen) atoms. The summed E-state index contributed by atoms with van der Waals surface area (Å²) in [5.41, 5.74) is 1.73. The van der Waals surface area contributed by atoms with Crippen LogP contribution >= 0.6 is 0 Å². The highest BCUT2D eigenvalue weighted by molar-refractivity contribution is 7.92. The van der Waals surface area contributed by atoms with Crippen molar-refractivity contribution in [2.45, 2.75) is 13.8 Å². The number of carbonyl (C=O) groups is 2. The number of anilines is 2. The van der Waals surface area contributed by atoms with E-state index >= 15 is 0 Å². The van der Waals surface area contributed by atoms with E-state index in [0.29, 0.717) is 22.5 Å². The fourth-order valence-electron chi connectivity index (χ4n) is 2.22. The molecule has 2 aromatic carbocycles. The lowest BCUT2D eigenvalue weighted by atomic mass is 10.1. The molecular weight excluding hydrogens is 340 g/mol. The first-order valence-electron chi connectivity index (χ1n) is 7.73. The van der Waals surface area contributed by atoms with Gasteiger partial charge in [0.05, 0.1) is 11.4 Å². The lowest BCUT2D eigenvalue weighted by Crippen LogP contribution is -2.28. The summed E-state index contributed by atoms with van der Waals surface area (Å²) in [6, 6.07) is 13.0. The molecule has 0 fully saturated rings. The van der Waals surface area contributed by atoms with Crippen LogP contribution in [0, 0.1) is 0 Å². The predicted molar refractivity (Wildman–Crippen MR) is 98.7 cm³/mol. The van der Waals surface area contributed by atoms with Crippen molar-refractivity contribution in [3.8, 4) is 0 Å². The Labute approximate surface area is 147 Å². The van der Waals surface area contributed by atoms with E-state index in [1.807, 2.05) is 0 Å². The fraction of sp³-hybridized carbons (Fsp3) is 0.222. The Kier molecular flexibility index (Phi) is 5.58. The third kappa shape index (κ3) is 4.45. The van der Waals surface area contributed by atoms with Gasteiger partial charge in [-0.2, -0.15) is 0 Å². The van der Waals surface area contributed by atoms with Crippen molar-refractivity contribution in [3.63, 3.8) is 0 Å². The Morgan fingerprint density at radius 2 is 1.68 bits per heavy atom. The maximum Gasteiger partial charge on any atom is 0.255 e. The molecule has 0 aliphatic heterocycles. The summed E-state index contributed by atoms with van der Waals surface area (Å²) in [7, 11) is -1.95. The zero-order valence-corrected chi connectivity index (χ0v) is 15.1. The van der Waals surface area contributed by atoms with Crippen LogP contribution in [0.2, 0.25) is 0 Å². The van der Waals surface area contributed by atoms with Gasteiger partial charge in [-0.15, -0.1) is 0 Å². The van der Waals surface area contributed by atoms with Crippen LogP contribution < -0.4 is 9.62 Å². The van der Waals surface area contributed by atoms with Crippen molar-refractivity contribution < 1.29 is 18.0 Å². The molecular formula is C18H20N2O4S. The van der Waals surface area contributed by atoms with Gasteiger partial charge in [-0.05, 0) is 44.2 Å². The topological polar surface area (TPSA) is 83.6 Å². The van der Waals surface area contributed by atoms with Crippen molar-refractivity contribution in [1.82, 2.24) is 0 Å². The molecule has 0 saturated carbocycles. The summed E-state index contributed by atoms with van der Waals surface area (Å²) in [6.07, 6.45) is 0. The second kappa shape index (κ2) is 7.48. The monoisotopic (exact) mass is 360 g/mol. The van der Waals surface area contributed by atoms with E-state index in [1.165, 1.54) is 20.0 Å². The predicted octanol–water partition coefficient (Wildman–Crippen LogP) is 2.93. The Morgan fingerprint density at radius 1 is 1.04 bits per heavy atom. The molecule has 0 aliphatic carbocycles. The normalized spacial score (nSPS) is 11.0. The van der Waals surface area contributed by atoms with Gasteiger partial charge >= 0.3 is 0 Å². The molecule has 0 radical (unpaired) electrons. The van der Waals surface area contributed by atoms with Gasteiger partial charge in [0.2, 0.25) is 10.0 Å². The van der Waals surface area contributed by atoms with Crippen LogP contribution in [0.15, 0.2) is 48.5 Å². The summed E-state index contributed by atoms with van der Waals surface area (Å²) in [4.78, 5) is 23.8. The number of benzene rings is 2. The number of hydrogen-bond acceptors (Lipinski definition) is 4. The number of carbonyl (C=O) groups excluding carboxylic acids is 2. The summed E-state index contributed by atoms with van der Waals surface area (Å²) in [5.74, 6) is -0.507. The number of Topliss-reactive ketones (excluding diaryl/α,β-unsaturated/α-hetero) is 1. The standard InChI is InChI=1S/C18H20N2O4S/c1-4-25(23,24)20(3)17-10-6-8-15(12-17)18(22)19-16-9-5-7-14(11-16)13(2)21/h5-12H,4H2,1-3H3,(H,19,22). The van der Waals surface area contributed by atoms with Gasteiger partial charge in [0.15, 0.2) is 5.78 Å². The molecule has 0 atom stereocenters. The largest absolute Gasteiger partial charge is 0.322 e. The van der Waals surface area contributed by atoms with Crippen LogP contribution in [0.5, 0.6) is 0 Å². The number of rotatable bonds is 6. The Balaban J connectivity index is 2.25. The second-order valence-electron chi connectivity index (χ2n) is 5.51. The molecule has 2 aromatic rings. The Hall–Kier alpha value is -2.67. The van der Waals surface area contributed by atoms with Crippen molar-refractivity contribution in [3.05, 3.63) is 59.7 Å². The average Bonchev–Trinajstić information content (AvgIpc) is 2.61. The molecule has 2 rings (SSSR count). The van der Waals surface area contributed by atoms with Gasteiger partial charge < -0.3 is 5.32 Å². The van der Waals surface area contributed by atoms with Gasteiger partial charge in [-0.3, -0.25) is 13.9 Å². The molecule has 0 spiro atoms. The highest BCUT2D eigenvalue weighted by Crippen LogP contribution is 2.19. The van der Waals surface area contributed by atoms with E-state index in [1.54, 1.807) is 49.4 Å². The van der Waals surface area contributed by atoms with Crippen molar-refractivity contribution >= 4 is 33.1 Å². The smallest absolute Gasteiger partial charge is 0.255 e. The van der Waals surface area contributed by atoms with E-state index < -0.39 is 10.0 Å². The summed E-state index contributed by atoms with van der Waals surface area (Å²) in [6.45, 7) is 3.01. The molecule has 0 aromatic heterocycles. The number of hydrogen-bond donors (Lipinski definition) is 1. The average molecular weight is 360 g/mol. The van der Waals surface area contributed by atoms with E-state index in [4.69, 9.17) is 0 Å². The minimum absolute atomic E-state index is 0.0300. The van der Waals surface area contributed by atoms with Crippen LogP contribution in [-0.2, 0) is 10.0 Å². The van der Waals surface area contributed by atoms with Gasteiger partial charge in [0.25, 0.3) is 5.91 Å². The van der Waals surface area contributed by atoms with Crippen LogP contribution in [0.25, 0.3) is 0 Å². The van der Waals surface area contributed by atoms with Crippen LogP contribution in [-0.4, -0.2) is 32.9 Å². The third-order valence-corrected chi connectivity index (χ3v) is 5.56. The summed E-state index contributed by atoms with van der Waals surface area (Å²) >= 11 is 0. The number of nitrogens with zero attached hydrogens (tertiary/aromatic N) is 1. The number of nitrogens with one attached hydrogen (secondary N) is 1. The van der Waals surface area contributed by atoms with Gasteiger partial charge in [0, 0.05) is 23.9 Å². The van der Waals surface area contributed by atoms with E-state index in [0.717, 1.165) is 4.31 Å². The molecule has 6 nitrogen and oxygen atoms in total. The maximum atomic E-state index is 12.4. The minimum Gasteiger partial charge on any atom is -0.322 e. The summed E-state index contributed by atoms with van der Waals surface area (Å²) in [5, 5.41) is 2.71. The van der Waals surface area contributed by atoms with Crippen molar-refractivity contribution in [2.75, 3.05) is 22.4 Å². The molecule has 0 saturated heterocycles. The molecule has 0 aliphatic rings. The van der Waals surface area contributed by atoms with E-state index in [9.17, 15) is 18.0 Å². The van der Waals surface area contributed by atoms with Gasteiger partial charge in [-0.25, -0.2) is 8.42 Å². The Bertz CT molecular complexity index is 907. The van der Waals surface area contributed by atoms with Crippen LogP contribution in [0.4, 0.5) is 11.4 Å². The molecule has 1 amide bonds. The molecule has 1 N–H and O–H groups in total. The van der Waals surface area contributed by atoms with Crippen LogP contribution in [0.1, 0.15) is 34.6 Å². The molecule has 7 heteroatoms. The van der Waals surface area contributed by atoms with E-state index in [-0.39, 0.29) is 17.4 Å². The van der Waals surface area contributed by atoms with Crippen LogP contribution in [0.3, 0.4) is 0 Å². The van der Waals surface area contributed by atoms with Gasteiger partial charge in [-0.1, -0.05) is 18.2 Å². The third-order valence-electron chi connectivity index (χ3n) is 3.78. The zero-order chi connectivity index (χ0) is 18.6. The highest BCUT2D eigenvalue weighted by Gasteiger charge is 2.17. The second-order valence-corrected chi connectivity index (χ2v) is 7.80. The lowest BCUT2D eigenvalue weighted by Gasteiger charge is -2.19. The molecule has 132 valence electrons. The molecule has 0 unspecified atom stereocenters. The Morgan fingerprint density at radius 3 is 2.32 bits per heavy atom. The molecule has 0 heterocycles. The quantitative estimate of drug-likeness (QED) is 0.803. The first-order chi connectivity index (χ1) is 11.7. The number of ketones is 1. The maximum absolute atomic E-state index is 12.4. The first-order valence-corrected chi connectivity index (χ1v) is 9.34. The van der Waals surface area contributed by atoms with Crippen molar-refractivity contribution in [1.29, 1.82) is 0 Å². The molecule has 0 bridgehead atoms. The van der Waals surface area contributed by atoms with E-state index in [2.05, 4.69) is 5.32 Å². The van der Waals surface area contributed by atoms with Crippen molar-refractivity contribution in [2.24, 2.45) is 0 Å². The SMILES string of the molecule is CCS(=O)(=O)N(C)c1cccc(C(=O)Nc2cccc(C(C)=O)c2)c1. The first kappa shape index (κ1) is 18.7.